The summed E-state index contributed by atoms with van der Waals surface area (Å²) < 4.78 is 5.81. The molecule has 198 valence electrons. The molecule has 1 atom stereocenters. The Labute approximate surface area is 216 Å². The van der Waals surface area contributed by atoms with Crippen molar-refractivity contribution in [1.29, 1.82) is 0 Å². The number of aliphatic carboxylic acids is 1. The first-order valence-corrected chi connectivity index (χ1v) is 13.2. The van der Waals surface area contributed by atoms with Gasteiger partial charge in [-0.2, -0.15) is 0 Å². The lowest BCUT2D eigenvalue weighted by atomic mass is 9.70. The van der Waals surface area contributed by atoms with Crippen LogP contribution in [-0.2, 0) is 10.2 Å². The standard InChI is InChI=1S/C31H44O5/c1-7-30(35,8-2)18-17-24-11-12-25(19-22(24)5)31(9-3,10-4)26-13-15-28(23(6)20-26)36-21-27(32)14-16-29(33)34/h11-13,15,17-20,27,32,35H,7-10,14,16,21H2,1-6H3,(H,33,34)/b18-17+/t27-/m0/s1. The summed E-state index contributed by atoms with van der Waals surface area (Å²) in [4.78, 5) is 10.7. The fraction of sp³-hybridized carbons (Fsp3) is 0.516. The average molecular weight is 497 g/mol. The van der Waals surface area contributed by atoms with Gasteiger partial charge in [0.2, 0.25) is 0 Å². The lowest BCUT2D eigenvalue weighted by Crippen LogP contribution is -2.26. The van der Waals surface area contributed by atoms with E-state index in [9.17, 15) is 15.0 Å². The third-order valence-electron chi connectivity index (χ3n) is 7.68. The smallest absolute Gasteiger partial charge is 0.303 e. The number of aliphatic hydroxyl groups is 2. The molecule has 0 radical (unpaired) electrons. The highest BCUT2D eigenvalue weighted by molar-refractivity contribution is 5.66. The second-order valence-corrected chi connectivity index (χ2v) is 9.88. The van der Waals surface area contributed by atoms with Gasteiger partial charge in [-0.05, 0) is 79.8 Å². The van der Waals surface area contributed by atoms with Crippen molar-refractivity contribution in [2.24, 2.45) is 0 Å². The molecule has 0 aromatic heterocycles. The summed E-state index contributed by atoms with van der Waals surface area (Å²) >= 11 is 0. The van der Waals surface area contributed by atoms with Crippen molar-refractivity contribution in [2.45, 2.75) is 97.2 Å². The lowest BCUT2D eigenvalue weighted by molar-refractivity contribution is -0.137. The molecule has 0 fully saturated rings. The molecule has 0 aliphatic carbocycles. The minimum atomic E-state index is -0.923. The summed E-state index contributed by atoms with van der Waals surface area (Å²) in [5.74, 6) is -0.224. The van der Waals surface area contributed by atoms with E-state index in [-0.39, 0.29) is 24.9 Å². The number of carbonyl (C=O) groups is 1. The minimum absolute atomic E-state index is 0.0690. The van der Waals surface area contributed by atoms with Gasteiger partial charge < -0.3 is 20.1 Å². The maximum absolute atomic E-state index is 10.7. The molecule has 5 heteroatoms. The summed E-state index contributed by atoms with van der Waals surface area (Å²) in [5, 5.41) is 29.4. The van der Waals surface area contributed by atoms with E-state index in [4.69, 9.17) is 9.84 Å². The van der Waals surface area contributed by atoms with E-state index >= 15 is 0 Å². The lowest BCUT2D eigenvalue weighted by Gasteiger charge is -2.34. The molecule has 3 N–H and O–H groups in total. The highest BCUT2D eigenvalue weighted by atomic mass is 16.5. The van der Waals surface area contributed by atoms with Crippen molar-refractivity contribution >= 4 is 12.0 Å². The summed E-state index contributed by atoms with van der Waals surface area (Å²) in [5.41, 5.74) is 4.84. The zero-order chi connectivity index (χ0) is 26.9. The van der Waals surface area contributed by atoms with Crippen molar-refractivity contribution in [3.63, 3.8) is 0 Å². The molecular weight excluding hydrogens is 452 g/mol. The molecule has 36 heavy (non-hydrogen) atoms. The number of hydrogen-bond donors (Lipinski definition) is 3. The molecule has 5 nitrogen and oxygen atoms in total. The number of aliphatic hydroxyl groups excluding tert-OH is 1. The van der Waals surface area contributed by atoms with Gasteiger partial charge >= 0.3 is 5.97 Å². The van der Waals surface area contributed by atoms with Crippen LogP contribution in [0.1, 0.15) is 94.0 Å². The molecule has 2 rings (SSSR count). The van der Waals surface area contributed by atoms with E-state index in [0.29, 0.717) is 18.6 Å². The number of hydrogen-bond acceptors (Lipinski definition) is 4. The first-order valence-electron chi connectivity index (χ1n) is 13.2. The summed E-state index contributed by atoms with van der Waals surface area (Å²) in [6.45, 7) is 12.6. The third-order valence-corrected chi connectivity index (χ3v) is 7.68. The zero-order valence-corrected chi connectivity index (χ0v) is 22.8. The number of carboxylic acids is 1. The first-order chi connectivity index (χ1) is 17.0. The second kappa shape index (κ2) is 13.1. The average Bonchev–Trinajstić information content (AvgIpc) is 2.87. The fourth-order valence-corrected chi connectivity index (χ4v) is 4.79. The largest absolute Gasteiger partial charge is 0.491 e. The highest BCUT2D eigenvalue weighted by Gasteiger charge is 2.31. The van der Waals surface area contributed by atoms with Gasteiger partial charge in [0, 0.05) is 11.8 Å². The predicted molar refractivity (Wildman–Crippen MR) is 147 cm³/mol. The summed E-state index contributed by atoms with van der Waals surface area (Å²) in [7, 11) is 0. The number of rotatable bonds is 14. The molecule has 0 aliphatic rings. The maximum atomic E-state index is 10.7. The Morgan fingerprint density at radius 1 is 0.944 bits per heavy atom. The quantitative estimate of drug-likeness (QED) is 0.275. The van der Waals surface area contributed by atoms with E-state index in [1.165, 1.54) is 16.7 Å². The van der Waals surface area contributed by atoms with Crippen LogP contribution in [0, 0.1) is 13.8 Å². The highest BCUT2D eigenvalue weighted by Crippen LogP contribution is 2.41. The van der Waals surface area contributed by atoms with Gasteiger partial charge in [0.25, 0.3) is 0 Å². The van der Waals surface area contributed by atoms with Gasteiger partial charge in [-0.25, -0.2) is 0 Å². The Balaban J connectivity index is 2.30. The van der Waals surface area contributed by atoms with Crippen LogP contribution in [0.4, 0.5) is 0 Å². The Morgan fingerprint density at radius 3 is 2.03 bits per heavy atom. The van der Waals surface area contributed by atoms with Crippen LogP contribution in [-0.4, -0.2) is 39.6 Å². The topological polar surface area (TPSA) is 87.0 Å². The third kappa shape index (κ3) is 7.21. The van der Waals surface area contributed by atoms with Crippen molar-refractivity contribution in [3.05, 3.63) is 70.3 Å². The minimum Gasteiger partial charge on any atom is -0.491 e. The Hall–Kier alpha value is -2.63. The van der Waals surface area contributed by atoms with Crippen molar-refractivity contribution in [2.75, 3.05) is 6.61 Å². The maximum Gasteiger partial charge on any atom is 0.303 e. The molecule has 0 aliphatic heterocycles. The molecule has 0 unspecified atom stereocenters. The Bertz CT molecular complexity index is 1030. The van der Waals surface area contributed by atoms with Crippen LogP contribution in [0.5, 0.6) is 5.75 Å². The normalized spacial score (nSPS) is 13.2. The van der Waals surface area contributed by atoms with Crippen molar-refractivity contribution in [3.8, 4) is 5.75 Å². The monoisotopic (exact) mass is 496 g/mol. The van der Waals surface area contributed by atoms with Crippen molar-refractivity contribution in [1.82, 2.24) is 0 Å². The van der Waals surface area contributed by atoms with E-state index in [2.05, 4.69) is 51.1 Å². The van der Waals surface area contributed by atoms with E-state index in [0.717, 1.165) is 24.0 Å². The van der Waals surface area contributed by atoms with Crippen LogP contribution in [0.3, 0.4) is 0 Å². The second-order valence-electron chi connectivity index (χ2n) is 9.88. The van der Waals surface area contributed by atoms with E-state index in [1.807, 2.05) is 39.0 Å². The van der Waals surface area contributed by atoms with Crippen LogP contribution in [0.15, 0.2) is 42.5 Å². The van der Waals surface area contributed by atoms with Gasteiger partial charge in [0.1, 0.15) is 12.4 Å². The fourth-order valence-electron chi connectivity index (χ4n) is 4.79. The molecule has 0 amide bonds. The molecule has 2 aromatic carbocycles. The zero-order valence-electron chi connectivity index (χ0n) is 22.8. The Kier molecular flexibility index (Phi) is 10.7. The molecule has 2 aromatic rings. The first kappa shape index (κ1) is 29.6. The number of carboxylic acid groups (broad SMARTS) is 1. The number of aryl methyl sites for hydroxylation is 2. The predicted octanol–water partition coefficient (Wildman–Crippen LogP) is 6.58. The van der Waals surface area contributed by atoms with Gasteiger partial charge in [0.15, 0.2) is 0 Å². The Morgan fingerprint density at radius 2 is 1.53 bits per heavy atom. The van der Waals surface area contributed by atoms with Gasteiger partial charge in [-0.15, -0.1) is 0 Å². The van der Waals surface area contributed by atoms with Crippen LogP contribution < -0.4 is 4.74 Å². The van der Waals surface area contributed by atoms with Crippen LogP contribution >= 0.6 is 0 Å². The van der Waals surface area contributed by atoms with Crippen LogP contribution in [0.2, 0.25) is 0 Å². The van der Waals surface area contributed by atoms with Gasteiger partial charge in [-0.1, -0.05) is 70.2 Å². The molecule has 0 heterocycles. The van der Waals surface area contributed by atoms with Gasteiger partial charge in [0.05, 0.1) is 11.7 Å². The van der Waals surface area contributed by atoms with E-state index < -0.39 is 17.7 Å². The van der Waals surface area contributed by atoms with E-state index in [1.54, 1.807) is 0 Å². The molecular formula is C31H44O5. The van der Waals surface area contributed by atoms with Crippen LogP contribution in [0.25, 0.3) is 6.08 Å². The molecule has 0 bridgehead atoms. The number of ether oxygens (including phenoxy) is 1. The van der Waals surface area contributed by atoms with Gasteiger partial charge in [-0.3, -0.25) is 4.79 Å². The van der Waals surface area contributed by atoms with Crippen molar-refractivity contribution < 1.29 is 24.9 Å². The SMILES string of the molecule is CCC(O)(/C=C/c1ccc(C(CC)(CC)c2ccc(OC[C@@H](O)CCC(=O)O)c(C)c2)cc1C)CC. The molecule has 0 saturated carbocycles. The number of benzene rings is 2. The summed E-state index contributed by atoms with van der Waals surface area (Å²) in [6, 6.07) is 12.8. The summed E-state index contributed by atoms with van der Waals surface area (Å²) in [6.07, 6.45) is 6.49. The molecule has 0 spiro atoms. The molecule has 0 saturated heterocycles.